The first-order chi connectivity index (χ1) is 16.7. The molecule has 2 aliphatic heterocycles. The number of rotatable bonds is 7. The summed E-state index contributed by atoms with van der Waals surface area (Å²) in [5.74, 6) is 0. The third-order valence-electron chi connectivity index (χ3n) is 6.52. The van der Waals surface area contributed by atoms with Gasteiger partial charge in [-0.3, -0.25) is 4.90 Å². The molecule has 3 aromatic carbocycles. The second-order valence-electron chi connectivity index (χ2n) is 8.81. The molecular formula is C28H31NO5. The SMILES string of the molecule is CO[C@H]1O[C@@H]2COC(c3ccccc3)O[C@H]2[C@H](O)[C@H]1N(Cc1ccccc1)Cc1ccccc1. The summed E-state index contributed by atoms with van der Waals surface area (Å²) in [5.41, 5.74) is 3.22. The number of benzene rings is 3. The number of aliphatic hydroxyl groups is 1. The Balaban J connectivity index is 1.42. The van der Waals surface area contributed by atoms with Crippen LogP contribution in [0, 0.1) is 0 Å². The van der Waals surface area contributed by atoms with Crippen molar-refractivity contribution in [3.8, 4) is 0 Å². The van der Waals surface area contributed by atoms with Crippen LogP contribution in [-0.4, -0.2) is 54.4 Å². The van der Waals surface area contributed by atoms with Gasteiger partial charge in [-0.05, 0) is 11.1 Å². The maximum atomic E-state index is 11.7. The largest absolute Gasteiger partial charge is 0.388 e. The number of ether oxygens (including phenoxy) is 4. The van der Waals surface area contributed by atoms with Crippen LogP contribution in [0.3, 0.4) is 0 Å². The van der Waals surface area contributed by atoms with Gasteiger partial charge in [-0.1, -0.05) is 91.0 Å². The molecule has 0 spiro atoms. The van der Waals surface area contributed by atoms with Crippen molar-refractivity contribution in [1.82, 2.24) is 4.90 Å². The van der Waals surface area contributed by atoms with Crippen molar-refractivity contribution in [3.05, 3.63) is 108 Å². The van der Waals surface area contributed by atoms with E-state index < -0.39 is 36.9 Å². The molecule has 0 aliphatic carbocycles. The molecule has 2 fully saturated rings. The van der Waals surface area contributed by atoms with Crippen molar-refractivity contribution >= 4 is 0 Å². The van der Waals surface area contributed by atoms with E-state index in [-0.39, 0.29) is 0 Å². The lowest BCUT2D eigenvalue weighted by Gasteiger charge is -2.50. The van der Waals surface area contributed by atoms with E-state index in [1.54, 1.807) is 7.11 Å². The van der Waals surface area contributed by atoms with Crippen molar-refractivity contribution in [2.45, 2.75) is 50.0 Å². The number of hydrogen-bond acceptors (Lipinski definition) is 6. The molecule has 5 rings (SSSR count). The lowest BCUT2D eigenvalue weighted by molar-refractivity contribution is -0.351. The van der Waals surface area contributed by atoms with E-state index in [4.69, 9.17) is 18.9 Å². The van der Waals surface area contributed by atoms with Gasteiger partial charge in [0.1, 0.15) is 18.3 Å². The first kappa shape index (κ1) is 23.2. The van der Waals surface area contributed by atoms with Crippen molar-refractivity contribution < 1.29 is 24.1 Å². The second-order valence-corrected chi connectivity index (χ2v) is 8.81. The van der Waals surface area contributed by atoms with Crippen molar-refractivity contribution in [2.24, 2.45) is 0 Å². The van der Waals surface area contributed by atoms with Gasteiger partial charge in [0, 0.05) is 25.8 Å². The molecule has 2 aliphatic rings. The molecule has 6 nitrogen and oxygen atoms in total. The van der Waals surface area contributed by atoms with Crippen LogP contribution in [0.25, 0.3) is 0 Å². The van der Waals surface area contributed by atoms with E-state index in [1.165, 1.54) is 0 Å². The molecule has 1 N–H and O–H groups in total. The Morgan fingerprint density at radius 1 is 0.824 bits per heavy atom. The summed E-state index contributed by atoms with van der Waals surface area (Å²) in [6.07, 6.45) is -2.94. The zero-order valence-corrected chi connectivity index (χ0v) is 19.3. The fraction of sp³-hybridized carbons (Fsp3) is 0.357. The third-order valence-corrected chi connectivity index (χ3v) is 6.52. The molecule has 2 heterocycles. The summed E-state index contributed by atoms with van der Waals surface area (Å²) < 4.78 is 24.3. The number of nitrogens with zero attached hydrogens (tertiary/aromatic N) is 1. The maximum absolute atomic E-state index is 11.7. The molecule has 1 unspecified atom stereocenters. The van der Waals surface area contributed by atoms with Gasteiger partial charge in [0.25, 0.3) is 0 Å². The maximum Gasteiger partial charge on any atom is 0.184 e. The van der Waals surface area contributed by atoms with Gasteiger partial charge in [-0.2, -0.15) is 0 Å². The van der Waals surface area contributed by atoms with Gasteiger partial charge < -0.3 is 24.1 Å². The molecule has 0 bridgehead atoms. The fourth-order valence-electron chi connectivity index (χ4n) is 4.84. The zero-order valence-electron chi connectivity index (χ0n) is 19.3. The summed E-state index contributed by atoms with van der Waals surface area (Å²) in [6.45, 7) is 1.60. The fourth-order valence-corrected chi connectivity index (χ4v) is 4.84. The summed E-state index contributed by atoms with van der Waals surface area (Å²) in [5, 5.41) is 11.7. The monoisotopic (exact) mass is 461 g/mol. The Labute approximate surface area is 200 Å². The van der Waals surface area contributed by atoms with E-state index >= 15 is 0 Å². The highest BCUT2D eigenvalue weighted by atomic mass is 16.7. The molecular weight excluding hydrogens is 430 g/mol. The highest BCUT2D eigenvalue weighted by Gasteiger charge is 2.51. The van der Waals surface area contributed by atoms with Crippen LogP contribution in [0.15, 0.2) is 91.0 Å². The number of aliphatic hydroxyl groups excluding tert-OH is 1. The van der Waals surface area contributed by atoms with E-state index in [2.05, 4.69) is 29.2 Å². The van der Waals surface area contributed by atoms with Crippen molar-refractivity contribution in [1.29, 1.82) is 0 Å². The normalized spacial score (nSPS) is 29.0. The predicted octanol–water partition coefficient (Wildman–Crippen LogP) is 3.90. The number of fused-ring (bicyclic) bond motifs is 1. The quantitative estimate of drug-likeness (QED) is 0.576. The van der Waals surface area contributed by atoms with Crippen LogP contribution in [-0.2, 0) is 32.0 Å². The minimum atomic E-state index is -0.828. The highest BCUT2D eigenvalue weighted by molar-refractivity contribution is 5.19. The van der Waals surface area contributed by atoms with Crippen LogP contribution in [0.4, 0.5) is 0 Å². The first-order valence-corrected chi connectivity index (χ1v) is 11.7. The molecule has 6 atom stereocenters. The molecule has 6 heteroatoms. The zero-order chi connectivity index (χ0) is 23.3. The Morgan fingerprint density at radius 3 is 1.94 bits per heavy atom. The van der Waals surface area contributed by atoms with Crippen LogP contribution >= 0.6 is 0 Å². The summed E-state index contributed by atoms with van der Waals surface area (Å²) in [7, 11) is 1.62. The first-order valence-electron chi connectivity index (χ1n) is 11.7. The topological polar surface area (TPSA) is 60.4 Å². The minimum Gasteiger partial charge on any atom is -0.388 e. The van der Waals surface area contributed by atoms with E-state index in [9.17, 15) is 5.11 Å². The average Bonchev–Trinajstić information content (AvgIpc) is 2.90. The smallest absolute Gasteiger partial charge is 0.184 e. The van der Waals surface area contributed by atoms with Crippen LogP contribution in [0.1, 0.15) is 23.0 Å². The Kier molecular flexibility index (Phi) is 7.35. The summed E-state index contributed by atoms with van der Waals surface area (Å²) in [6, 6.07) is 29.9. The molecule has 3 aromatic rings. The highest BCUT2D eigenvalue weighted by Crippen LogP contribution is 2.36. The molecule has 2 saturated heterocycles. The minimum absolute atomic E-state index is 0.325. The van der Waals surface area contributed by atoms with Crippen molar-refractivity contribution in [3.63, 3.8) is 0 Å². The van der Waals surface area contributed by atoms with Gasteiger partial charge in [0.05, 0.1) is 12.6 Å². The molecule has 178 valence electrons. The lowest BCUT2D eigenvalue weighted by atomic mass is 9.93. The number of methoxy groups -OCH3 is 1. The van der Waals surface area contributed by atoms with E-state index in [0.717, 1.165) is 16.7 Å². The van der Waals surface area contributed by atoms with Gasteiger partial charge in [0.15, 0.2) is 12.6 Å². The van der Waals surface area contributed by atoms with Gasteiger partial charge >= 0.3 is 0 Å². The number of hydrogen-bond donors (Lipinski definition) is 1. The Bertz CT molecular complexity index is 977. The van der Waals surface area contributed by atoms with Gasteiger partial charge in [-0.15, -0.1) is 0 Å². The molecule has 34 heavy (non-hydrogen) atoms. The Morgan fingerprint density at radius 2 is 1.38 bits per heavy atom. The summed E-state index contributed by atoms with van der Waals surface area (Å²) >= 11 is 0. The Hall–Kier alpha value is -2.58. The standard InChI is InChI=1S/C28H31NO5/c1-31-28-24(29(17-20-11-5-2-6-12-20)18-21-13-7-3-8-14-21)25(30)26-23(33-28)19-32-27(34-26)22-15-9-4-10-16-22/h2-16,23-28,30H,17-19H2,1H3/t23-,24-,25-,26-,27?,28+/m1/s1. The lowest BCUT2D eigenvalue weighted by Crippen LogP contribution is -2.66. The third kappa shape index (κ3) is 5.08. The second kappa shape index (κ2) is 10.8. The van der Waals surface area contributed by atoms with Gasteiger partial charge in [0.2, 0.25) is 0 Å². The van der Waals surface area contributed by atoms with Crippen molar-refractivity contribution in [2.75, 3.05) is 13.7 Å². The van der Waals surface area contributed by atoms with E-state index in [0.29, 0.717) is 19.7 Å². The molecule has 0 saturated carbocycles. The summed E-state index contributed by atoms with van der Waals surface area (Å²) in [4.78, 5) is 2.22. The van der Waals surface area contributed by atoms with E-state index in [1.807, 2.05) is 66.7 Å². The van der Waals surface area contributed by atoms with Crippen LogP contribution in [0.5, 0.6) is 0 Å². The van der Waals surface area contributed by atoms with Crippen LogP contribution < -0.4 is 0 Å². The van der Waals surface area contributed by atoms with Crippen LogP contribution in [0.2, 0.25) is 0 Å². The molecule has 0 radical (unpaired) electrons. The molecule has 0 aromatic heterocycles. The average molecular weight is 462 g/mol. The molecule has 0 amide bonds. The van der Waals surface area contributed by atoms with Gasteiger partial charge in [-0.25, -0.2) is 0 Å². The predicted molar refractivity (Wildman–Crippen MR) is 128 cm³/mol.